The Morgan fingerprint density at radius 1 is 1.35 bits per heavy atom. The van der Waals surface area contributed by atoms with Gasteiger partial charge in [-0.15, -0.1) is 0 Å². The van der Waals surface area contributed by atoms with E-state index in [-0.39, 0.29) is 0 Å². The second-order valence-electron chi connectivity index (χ2n) is 4.66. The lowest BCUT2D eigenvalue weighted by atomic mass is 10.2. The maximum atomic E-state index is 9.02. The minimum Gasteiger partial charge on any atom is -0.333 e. The predicted molar refractivity (Wildman–Crippen MR) is 77.1 cm³/mol. The molecule has 20 heavy (non-hydrogen) atoms. The monoisotopic (exact) mass is 269 g/mol. The highest BCUT2D eigenvalue weighted by atomic mass is 15.0. The zero-order chi connectivity index (χ0) is 14.2. The van der Waals surface area contributed by atoms with Crippen molar-refractivity contribution >= 4 is 0 Å². The number of hydrogen-bond donors (Lipinski definition) is 1. The highest BCUT2D eigenvalue weighted by Crippen LogP contribution is 2.07. The Morgan fingerprint density at radius 2 is 2.25 bits per heavy atom. The maximum Gasteiger partial charge on any atom is 0.145 e. The van der Waals surface area contributed by atoms with Gasteiger partial charge in [0.15, 0.2) is 0 Å². The van der Waals surface area contributed by atoms with Crippen LogP contribution in [0.15, 0.2) is 30.9 Å². The Labute approximate surface area is 119 Å². The minimum atomic E-state index is 0.479. The van der Waals surface area contributed by atoms with E-state index in [1.807, 2.05) is 29.2 Å². The Bertz CT molecular complexity index is 582. The number of aromatic nitrogens is 3. The van der Waals surface area contributed by atoms with Crippen LogP contribution in [0.1, 0.15) is 30.3 Å². The molecule has 2 aromatic heterocycles. The molecule has 2 heterocycles. The summed E-state index contributed by atoms with van der Waals surface area (Å²) in [4.78, 5) is 8.45. The fourth-order valence-corrected chi connectivity index (χ4v) is 2.00. The van der Waals surface area contributed by atoms with Gasteiger partial charge in [0, 0.05) is 30.9 Å². The predicted octanol–water partition coefficient (Wildman–Crippen LogP) is 1.74. The third-order valence-electron chi connectivity index (χ3n) is 3.02. The lowest BCUT2D eigenvalue weighted by molar-refractivity contribution is 0.666. The van der Waals surface area contributed by atoms with Crippen molar-refractivity contribution < 1.29 is 0 Å². The van der Waals surface area contributed by atoms with Gasteiger partial charge >= 0.3 is 0 Å². The van der Waals surface area contributed by atoms with Gasteiger partial charge in [-0.25, -0.2) is 9.97 Å². The summed E-state index contributed by atoms with van der Waals surface area (Å²) in [5.74, 6) is 0. The second kappa shape index (κ2) is 7.41. The van der Waals surface area contributed by atoms with E-state index >= 15 is 0 Å². The number of nitrogens with zero attached hydrogens (tertiary/aromatic N) is 4. The Morgan fingerprint density at radius 3 is 3.05 bits per heavy atom. The van der Waals surface area contributed by atoms with Crippen LogP contribution >= 0.6 is 0 Å². The molecule has 0 saturated carbocycles. The summed E-state index contributed by atoms with van der Waals surface area (Å²) < 4.78 is 1.99. The molecular weight excluding hydrogens is 250 g/mol. The first kappa shape index (κ1) is 14.2. The summed E-state index contributed by atoms with van der Waals surface area (Å²) in [5, 5.41) is 12.4. The van der Waals surface area contributed by atoms with Crippen LogP contribution in [0.5, 0.6) is 0 Å². The lowest BCUT2D eigenvalue weighted by Crippen LogP contribution is -2.17. The molecule has 2 rings (SSSR count). The first-order valence-corrected chi connectivity index (χ1v) is 6.89. The number of rotatable bonds is 7. The normalized spacial score (nSPS) is 10.4. The fourth-order valence-electron chi connectivity index (χ4n) is 2.00. The Kier molecular flexibility index (Phi) is 5.27. The highest BCUT2D eigenvalue weighted by molar-refractivity contribution is 5.30. The van der Waals surface area contributed by atoms with Gasteiger partial charge in [0.1, 0.15) is 11.8 Å². The topological polar surface area (TPSA) is 66.5 Å². The quantitative estimate of drug-likeness (QED) is 0.777. The van der Waals surface area contributed by atoms with E-state index in [1.165, 1.54) is 0 Å². The van der Waals surface area contributed by atoms with Crippen LogP contribution in [0, 0.1) is 11.3 Å². The van der Waals surface area contributed by atoms with Gasteiger partial charge in [-0.2, -0.15) is 5.26 Å². The first-order chi connectivity index (χ1) is 9.83. The molecule has 5 heteroatoms. The number of imidazole rings is 1. The summed E-state index contributed by atoms with van der Waals surface area (Å²) >= 11 is 0. The fraction of sp³-hybridized carbons (Fsp3) is 0.400. The Balaban J connectivity index is 1.94. The SMILES string of the molecule is CCCNCCc1cn(Cc2cccnc2C#N)cn1. The van der Waals surface area contributed by atoms with E-state index < -0.39 is 0 Å². The zero-order valence-electron chi connectivity index (χ0n) is 11.7. The van der Waals surface area contributed by atoms with Crippen molar-refractivity contribution in [3.8, 4) is 6.07 Å². The van der Waals surface area contributed by atoms with Gasteiger partial charge in [0.05, 0.1) is 18.6 Å². The molecule has 0 fully saturated rings. The molecule has 2 aromatic rings. The number of hydrogen-bond acceptors (Lipinski definition) is 4. The van der Waals surface area contributed by atoms with E-state index in [1.54, 1.807) is 6.20 Å². The van der Waals surface area contributed by atoms with Crippen molar-refractivity contribution in [2.24, 2.45) is 0 Å². The highest BCUT2D eigenvalue weighted by Gasteiger charge is 2.04. The second-order valence-corrected chi connectivity index (χ2v) is 4.66. The minimum absolute atomic E-state index is 0.479. The molecule has 0 bridgehead atoms. The summed E-state index contributed by atoms with van der Waals surface area (Å²) in [6.07, 6.45) is 7.55. The number of nitriles is 1. The van der Waals surface area contributed by atoms with Crippen molar-refractivity contribution in [1.29, 1.82) is 5.26 Å². The van der Waals surface area contributed by atoms with E-state index in [4.69, 9.17) is 5.26 Å². The van der Waals surface area contributed by atoms with Crippen LogP contribution in [0.4, 0.5) is 0 Å². The summed E-state index contributed by atoms with van der Waals surface area (Å²) in [6, 6.07) is 5.89. The molecule has 0 aliphatic carbocycles. The third kappa shape index (κ3) is 3.90. The van der Waals surface area contributed by atoms with Crippen LogP contribution < -0.4 is 5.32 Å². The average molecular weight is 269 g/mol. The molecular formula is C15H19N5. The van der Waals surface area contributed by atoms with Gasteiger partial charge in [-0.05, 0) is 19.0 Å². The first-order valence-electron chi connectivity index (χ1n) is 6.89. The van der Waals surface area contributed by atoms with Gasteiger partial charge in [-0.3, -0.25) is 0 Å². The summed E-state index contributed by atoms with van der Waals surface area (Å²) in [5.41, 5.74) is 2.46. The molecule has 0 radical (unpaired) electrons. The Hall–Kier alpha value is -2.19. The van der Waals surface area contributed by atoms with E-state index in [0.29, 0.717) is 12.2 Å². The standard InChI is InChI=1S/C15H19N5/c1-2-6-17-8-5-14-11-20(12-19-14)10-13-4-3-7-18-15(13)9-16/h3-4,7,11-12,17H,2,5-6,8,10H2,1H3. The number of nitrogens with one attached hydrogen (secondary N) is 1. The van der Waals surface area contributed by atoms with Crippen LogP contribution in [-0.2, 0) is 13.0 Å². The number of pyridine rings is 1. The van der Waals surface area contributed by atoms with Crippen molar-refractivity contribution in [1.82, 2.24) is 19.9 Å². The van der Waals surface area contributed by atoms with E-state index in [0.717, 1.165) is 37.2 Å². The van der Waals surface area contributed by atoms with Crippen LogP contribution in [-0.4, -0.2) is 27.6 Å². The van der Waals surface area contributed by atoms with E-state index in [2.05, 4.69) is 28.3 Å². The molecule has 0 aromatic carbocycles. The molecule has 0 aliphatic rings. The molecule has 0 saturated heterocycles. The van der Waals surface area contributed by atoms with Gasteiger partial charge < -0.3 is 9.88 Å². The van der Waals surface area contributed by atoms with E-state index in [9.17, 15) is 0 Å². The molecule has 1 N–H and O–H groups in total. The lowest BCUT2D eigenvalue weighted by Gasteiger charge is -2.03. The van der Waals surface area contributed by atoms with Crippen molar-refractivity contribution in [2.45, 2.75) is 26.3 Å². The smallest absolute Gasteiger partial charge is 0.145 e. The van der Waals surface area contributed by atoms with Crippen LogP contribution in [0.25, 0.3) is 0 Å². The molecule has 0 atom stereocenters. The average Bonchev–Trinajstić information content (AvgIpc) is 2.92. The molecule has 0 spiro atoms. The van der Waals surface area contributed by atoms with Gasteiger partial charge in [0.25, 0.3) is 0 Å². The molecule has 0 unspecified atom stereocenters. The van der Waals surface area contributed by atoms with Gasteiger partial charge in [-0.1, -0.05) is 13.0 Å². The van der Waals surface area contributed by atoms with Gasteiger partial charge in [0.2, 0.25) is 0 Å². The summed E-state index contributed by atoms with van der Waals surface area (Å²) in [7, 11) is 0. The van der Waals surface area contributed by atoms with Crippen LogP contribution in [0.2, 0.25) is 0 Å². The zero-order valence-corrected chi connectivity index (χ0v) is 11.7. The molecule has 104 valence electrons. The molecule has 5 nitrogen and oxygen atoms in total. The summed E-state index contributed by atoms with van der Waals surface area (Å²) in [6.45, 7) is 4.78. The van der Waals surface area contributed by atoms with Crippen LogP contribution in [0.3, 0.4) is 0 Å². The largest absolute Gasteiger partial charge is 0.333 e. The molecule has 0 amide bonds. The third-order valence-corrected chi connectivity index (χ3v) is 3.02. The molecule has 0 aliphatic heterocycles. The van der Waals surface area contributed by atoms with Crippen molar-refractivity contribution in [3.05, 3.63) is 47.8 Å². The van der Waals surface area contributed by atoms with Crippen molar-refractivity contribution in [2.75, 3.05) is 13.1 Å². The maximum absolute atomic E-state index is 9.02. The van der Waals surface area contributed by atoms with Crippen molar-refractivity contribution in [3.63, 3.8) is 0 Å².